The van der Waals surface area contributed by atoms with Gasteiger partial charge in [0, 0.05) is 17.6 Å². The van der Waals surface area contributed by atoms with Crippen molar-refractivity contribution < 1.29 is 4.79 Å². The standard InChI is InChI=1S/C14H11BrClNOS/c1-17-10-3-2-8(6-9(10)7-13(17)18)14(16)11-4-5-12(15)19-11/h2-6,14H,7H2,1H3. The molecule has 1 unspecified atom stereocenters. The molecule has 2 nitrogen and oxygen atoms in total. The van der Waals surface area contributed by atoms with E-state index in [1.54, 1.807) is 16.2 Å². The molecule has 0 saturated heterocycles. The van der Waals surface area contributed by atoms with E-state index < -0.39 is 0 Å². The van der Waals surface area contributed by atoms with Crippen LogP contribution < -0.4 is 4.90 Å². The van der Waals surface area contributed by atoms with E-state index in [0.29, 0.717) is 6.42 Å². The second-order valence-corrected chi connectivity index (χ2v) is 7.45. The van der Waals surface area contributed by atoms with Crippen molar-refractivity contribution in [3.05, 3.63) is 50.1 Å². The molecule has 0 fully saturated rings. The van der Waals surface area contributed by atoms with Crippen LogP contribution in [0.15, 0.2) is 34.1 Å². The largest absolute Gasteiger partial charge is 0.315 e. The number of carbonyl (C=O) groups excluding carboxylic acids is 1. The van der Waals surface area contributed by atoms with E-state index >= 15 is 0 Å². The number of likely N-dealkylation sites (N-methyl/N-ethyl adjacent to an activating group) is 1. The van der Waals surface area contributed by atoms with Crippen LogP contribution in [0.5, 0.6) is 0 Å². The van der Waals surface area contributed by atoms with E-state index in [1.807, 2.05) is 37.4 Å². The first-order chi connectivity index (χ1) is 9.06. The van der Waals surface area contributed by atoms with Gasteiger partial charge in [-0.05, 0) is 45.3 Å². The lowest BCUT2D eigenvalue weighted by atomic mass is 10.0. The zero-order valence-corrected chi connectivity index (χ0v) is 13.3. The van der Waals surface area contributed by atoms with Crippen molar-refractivity contribution in [1.82, 2.24) is 0 Å². The number of rotatable bonds is 2. The molecule has 2 aromatic rings. The summed E-state index contributed by atoms with van der Waals surface area (Å²) < 4.78 is 1.07. The third-order valence-electron chi connectivity index (χ3n) is 3.32. The van der Waals surface area contributed by atoms with Gasteiger partial charge in [-0.2, -0.15) is 0 Å². The molecule has 2 heterocycles. The molecule has 3 rings (SSSR count). The van der Waals surface area contributed by atoms with Crippen LogP contribution in [0, 0.1) is 0 Å². The predicted molar refractivity (Wildman–Crippen MR) is 83.3 cm³/mol. The summed E-state index contributed by atoms with van der Waals surface area (Å²) in [6.07, 6.45) is 0.470. The summed E-state index contributed by atoms with van der Waals surface area (Å²) in [7, 11) is 1.81. The van der Waals surface area contributed by atoms with Crippen molar-refractivity contribution in [1.29, 1.82) is 0 Å². The van der Waals surface area contributed by atoms with E-state index in [0.717, 1.165) is 25.5 Å². The predicted octanol–water partition coefficient (Wildman–Crippen LogP) is 4.36. The quantitative estimate of drug-likeness (QED) is 0.732. The van der Waals surface area contributed by atoms with Crippen molar-refractivity contribution in [2.45, 2.75) is 11.8 Å². The molecule has 0 aliphatic carbocycles. The molecular formula is C14H11BrClNOS. The van der Waals surface area contributed by atoms with Gasteiger partial charge in [0.1, 0.15) is 0 Å². The average Bonchev–Trinajstić information content (AvgIpc) is 2.94. The number of anilines is 1. The molecule has 1 amide bonds. The summed E-state index contributed by atoms with van der Waals surface area (Å²) in [5, 5.41) is -0.164. The SMILES string of the molecule is CN1C(=O)Cc2cc(C(Cl)c3ccc(Br)s3)ccc21. The van der Waals surface area contributed by atoms with Crippen LogP contribution in [0.3, 0.4) is 0 Å². The number of alkyl halides is 1. The van der Waals surface area contributed by atoms with E-state index in [1.165, 1.54) is 0 Å². The van der Waals surface area contributed by atoms with Crippen molar-refractivity contribution in [2.24, 2.45) is 0 Å². The zero-order chi connectivity index (χ0) is 13.6. The van der Waals surface area contributed by atoms with Gasteiger partial charge in [-0.1, -0.05) is 12.1 Å². The highest BCUT2D eigenvalue weighted by Gasteiger charge is 2.25. The molecule has 1 aliphatic heterocycles. The Morgan fingerprint density at radius 2 is 2.16 bits per heavy atom. The minimum Gasteiger partial charge on any atom is -0.315 e. The maximum Gasteiger partial charge on any atom is 0.231 e. The molecular weight excluding hydrogens is 346 g/mol. The minimum absolute atomic E-state index is 0.136. The van der Waals surface area contributed by atoms with Gasteiger partial charge in [-0.15, -0.1) is 22.9 Å². The Bertz CT molecular complexity index is 655. The van der Waals surface area contributed by atoms with Gasteiger partial charge in [0.15, 0.2) is 0 Å². The van der Waals surface area contributed by atoms with Gasteiger partial charge in [0.2, 0.25) is 5.91 Å². The highest BCUT2D eigenvalue weighted by atomic mass is 79.9. The molecule has 1 aromatic carbocycles. The Balaban J connectivity index is 1.95. The first kappa shape index (κ1) is 13.2. The van der Waals surface area contributed by atoms with E-state index in [9.17, 15) is 4.79 Å². The fourth-order valence-corrected chi connectivity index (χ4v) is 4.05. The van der Waals surface area contributed by atoms with Crippen LogP contribution in [0.2, 0.25) is 0 Å². The molecule has 0 radical (unpaired) electrons. The summed E-state index contributed by atoms with van der Waals surface area (Å²) in [6, 6.07) is 10.0. The number of benzene rings is 1. The van der Waals surface area contributed by atoms with Gasteiger partial charge in [0.25, 0.3) is 0 Å². The molecule has 1 aromatic heterocycles. The molecule has 0 N–H and O–H groups in total. The highest BCUT2D eigenvalue weighted by molar-refractivity contribution is 9.11. The molecule has 5 heteroatoms. The number of halogens is 2. The van der Waals surface area contributed by atoms with Gasteiger partial charge in [-0.25, -0.2) is 0 Å². The zero-order valence-electron chi connectivity index (χ0n) is 10.2. The highest BCUT2D eigenvalue weighted by Crippen LogP contribution is 2.38. The van der Waals surface area contributed by atoms with Crippen LogP contribution in [-0.2, 0) is 11.2 Å². The van der Waals surface area contributed by atoms with Crippen molar-refractivity contribution >= 4 is 50.5 Å². The lowest BCUT2D eigenvalue weighted by molar-refractivity contribution is -0.117. The maximum atomic E-state index is 11.7. The molecule has 0 spiro atoms. The Kier molecular flexibility index (Phi) is 3.41. The lowest BCUT2D eigenvalue weighted by Gasteiger charge is -2.12. The second kappa shape index (κ2) is 4.93. The molecule has 1 atom stereocenters. The Hall–Kier alpha value is -0.840. The molecule has 1 aliphatic rings. The first-order valence-electron chi connectivity index (χ1n) is 5.85. The van der Waals surface area contributed by atoms with Crippen molar-refractivity contribution in [3.8, 4) is 0 Å². The van der Waals surface area contributed by atoms with E-state index in [-0.39, 0.29) is 11.3 Å². The van der Waals surface area contributed by atoms with Crippen LogP contribution >= 0.6 is 38.9 Å². The number of amides is 1. The van der Waals surface area contributed by atoms with Gasteiger partial charge in [0.05, 0.1) is 15.6 Å². The van der Waals surface area contributed by atoms with Crippen molar-refractivity contribution in [3.63, 3.8) is 0 Å². The molecule has 0 saturated carbocycles. The smallest absolute Gasteiger partial charge is 0.231 e. The average molecular weight is 357 g/mol. The fourth-order valence-electron chi connectivity index (χ4n) is 2.28. The number of hydrogen-bond donors (Lipinski definition) is 0. The topological polar surface area (TPSA) is 20.3 Å². The summed E-state index contributed by atoms with van der Waals surface area (Å²) in [5.74, 6) is 0.136. The van der Waals surface area contributed by atoms with Gasteiger partial charge in [-0.3, -0.25) is 4.79 Å². The number of nitrogens with zero attached hydrogens (tertiary/aromatic N) is 1. The number of carbonyl (C=O) groups is 1. The first-order valence-corrected chi connectivity index (χ1v) is 7.89. The van der Waals surface area contributed by atoms with E-state index in [2.05, 4.69) is 15.9 Å². The summed E-state index contributed by atoms with van der Waals surface area (Å²) >= 11 is 11.6. The summed E-state index contributed by atoms with van der Waals surface area (Å²) in [5.41, 5.74) is 3.09. The van der Waals surface area contributed by atoms with Crippen molar-refractivity contribution in [2.75, 3.05) is 11.9 Å². The molecule has 98 valence electrons. The minimum atomic E-state index is -0.164. The number of thiophene rings is 1. The lowest BCUT2D eigenvalue weighted by Crippen LogP contribution is -2.20. The number of hydrogen-bond acceptors (Lipinski definition) is 2. The third-order valence-corrected chi connectivity index (χ3v) is 5.62. The second-order valence-electron chi connectivity index (χ2n) is 4.52. The van der Waals surface area contributed by atoms with Crippen LogP contribution in [-0.4, -0.2) is 13.0 Å². The van der Waals surface area contributed by atoms with Gasteiger partial charge < -0.3 is 4.90 Å². The number of fused-ring (bicyclic) bond motifs is 1. The van der Waals surface area contributed by atoms with Gasteiger partial charge >= 0.3 is 0 Å². The summed E-state index contributed by atoms with van der Waals surface area (Å²) in [6.45, 7) is 0. The summed E-state index contributed by atoms with van der Waals surface area (Å²) in [4.78, 5) is 14.5. The fraction of sp³-hybridized carbons (Fsp3) is 0.214. The Morgan fingerprint density at radius 3 is 2.84 bits per heavy atom. The maximum absolute atomic E-state index is 11.7. The molecule has 19 heavy (non-hydrogen) atoms. The normalized spacial score (nSPS) is 15.7. The Morgan fingerprint density at radius 1 is 1.37 bits per heavy atom. The monoisotopic (exact) mass is 355 g/mol. The molecule has 0 bridgehead atoms. The third kappa shape index (κ3) is 2.33. The Labute approximate surface area is 129 Å². The van der Waals surface area contributed by atoms with E-state index in [4.69, 9.17) is 11.6 Å². The van der Waals surface area contributed by atoms with Crippen LogP contribution in [0.25, 0.3) is 0 Å². The van der Waals surface area contributed by atoms with Crippen LogP contribution in [0.4, 0.5) is 5.69 Å². The van der Waals surface area contributed by atoms with Crippen LogP contribution in [0.1, 0.15) is 21.4 Å².